The smallest absolute Gasteiger partial charge is 0.258 e. The van der Waals surface area contributed by atoms with Crippen molar-refractivity contribution >= 4 is 11.9 Å². The molecular formula is C9H7N5O2. The van der Waals surface area contributed by atoms with Crippen LogP contribution in [-0.2, 0) is 0 Å². The average molecular weight is 217 g/mol. The number of hydrogen-bond donors (Lipinski definition) is 0. The van der Waals surface area contributed by atoms with Crippen LogP contribution in [0, 0.1) is 10.1 Å². The SMILES string of the molecule is O=[N+]([O-])c1ccccc1C=Nn1cnnc1. The Bertz CT molecular complexity index is 520. The van der Waals surface area contributed by atoms with Gasteiger partial charge in [0.25, 0.3) is 5.69 Å². The monoisotopic (exact) mass is 217 g/mol. The normalized spacial score (nSPS) is 10.8. The van der Waals surface area contributed by atoms with Crippen LogP contribution in [0.25, 0.3) is 0 Å². The molecule has 0 aliphatic heterocycles. The molecule has 1 aromatic carbocycles. The molecule has 0 atom stereocenters. The van der Waals surface area contributed by atoms with Crippen LogP contribution in [0.4, 0.5) is 5.69 Å². The molecule has 2 aromatic rings. The summed E-state index contributed by atoms with van der Waals surface area (Å²) in [5, 5.41) is 21.8. The van der Waals surface area contributed by atoms with E-state index in [9.17, 15) is 10.1 Å². The molecule has 0 aliphatic rings. The number of benzene rings is 1. The molecule has 0 saturated carbocycles. The number of hydrogen-bond acceptors (Lipinski definition) is 5. The number of rotatable bonds is 3. The minimum atomic E-state index is -0.451. The molecule has 2 rings (SSSR count). The lowest BCUT2D eigenvalue weighted by atomic mass is 10.2. The number of nitro benzene ring substituents is 1. The quantitative estimate of drug-likeness (QED) is 0.437. The molecule has 7 heteroatoms. The molecule has 0 radical (unpaired) electrons. The molecule has 1 aromatic heterocycles. The number of nitro groups is 1. The summed E-state index contributed by atoms with van der Waals surface area (Å²) < 4.78 is 1.36. The minimum absolute atomic E-state index is 0.0133. The van der Waals surface area contributed by atoms with Gasteiger partial charge in [-0.25, -0.2) is 4.68 Å². The van der Waals surface area contributed by atoms with Crippen molar-refractivity contribution in [1.82, 2.24) is 14.9 Å². The van der Waals surface area contributed by atoms with E-state index in [4.69, 9.17) is 0 Å². The molecule has 0 saturated heterocycles. The maximum absolute atomic E-state index is 10.7. The van der Waals surface area contributed by atoms with Crippen LogP contribution < -0.4 is 0 Å². The van der Waals surface area contributed by atoms with E-state index in [0.29, 0.717) is 5.56 Å². The highest BCUT2D eigenvalue weighted by molar-refractivity contribution is 5.85. The molecule has 80 valence electrons. The van der Waals surface area contributed by atoms with Crippen molar-refractivity contribution in [2.45, 2.75) is 0 Å². The number of nitrogens with zero attached hydrogens (tertiary/aromatic N) is 5. The molecule has 7 nitrogen and oxygen atoms in total. The lowest BCUT2D eigenvalue weighted by molar-refractivity contribution is -0.385. The Hall–Kier alpha value is -2.57. The molecule has 0 bridgehead atoms. The summed E-state index contributed by atoms with van der Waals surface area (Å²) in [7, 11) is 0. The molecule has 1 heterocycles. The van der Waals surface area contributed by atoms with Gasteiger partial charge in [0.05, 0.1) is 16.7 Å². The Morgan fingerprint density at radius 1 is 1.31 bits per heavy atom. The summed E-state index contributed by atoms with van der Waals surface area (Å²) in [6.07, 6.45) is 4.18. The summed E-state index contributed by atoms with van der Waals surface area (Å²) >= 11 is 0. The van der Waals surface area contributed by atoms with Gasteiger partial charge in [0.2, 0.25) is 0 Å². The number of aromatic nitrogens is 3. The van der Waals surface area contributed by atoms with Crippen molar-refractivity contribution in [3.8, 4) is 0 Å². The van der Waals surface area contributed by atoms with E-state index in [0.717, 1.165) is 0 Å². The molecule has 0 N–H and O–H groups in total. The predicted molar refractivity (Wildman–Crippen MR) is 56.1 cm³/mol. The van der Waals surface area contributed by atoms with Crippen LogP contribution in [0.15, 0.2) is 42.0 Å². The second-order valence-corrected chi connectivity index (χ2v) is 2.90. The van der Waals surface area contributed by atoms with Gasteiger partial charge in [-0.05, 0) is 6.07 Å². The molecule has 0 spiro atoms. The van der Waals surface area contributed by atoms with Gasteiger partial charge in [0.15, 0.2) is 0 Å². The fraction of sp³-hybridized carbons (Fsp3) is 0. The van der Waals surface area contributed by atoms with Gasteiger partial charge in [-0.15, -0.1) is 10.2 Å². The summed E-state index contributed by atoms with van der Waals surface area (Å²) in [5.41, 5.74) is 0.445. The van der Waals surface area contributed by atoms with Crippen molar-refractivity contribution < 1.29 is 4.92 Å². The second-order valence-electron chi connectivity index (χ2n) is 2.90. The molecule has 0 unspecified atom stereocenters. The van der Waals surface area contributed by atoms with Gasteiger partial charge in [-0.3, -0.25) is 10.1 Å². The van der Waals surface area contributed by atoms with E-state index < -0.39 is 4.92 Å². The highest BCUT2D eigenvalue weighted by atomic mass is 16.6. The third kappa shape index (κ3) is 2.08. The van der Waals surface area contributed by atoms with E-state index >= 15 is 0 Å². The van der Waals surface area contributed by atoms with Crippen LogP contribution in [0.2, 0.25) is 0 Å². The Morgan fingerprint density at radius 3 is 2.69 bits per heavy atom. The van der Waals surface area contributed by atoms with Crippen molar-refractivity contribution in [1.29, 1.82) is 0 Å². The van der Waals surface area contributed by atoms with Crippen LogP contribution in [0.3, 0.4) is 0 Å². The maximum atomic E-state index is 10.7. The first-order chi connectivity index (χ1) is 7.77. The topological polar surface area (TPSA) is 86.2 Å². The summed E-state index contributed by atoms with van der Waals surface area (Å²) in [5.74, 6) is 0. The van der Waals surface area contributed by atoms with Crippen molar-refractivity contribution in [2.24, 2.45) is 5.10 Å². The Kier molecular flexibility index (Phi) is 2.68. The standard InChI is InChI=1S/C9H7N5O2/c15-14(16)9-4-2-1-3-8(9)5-12-13-6-10-11-7-13/h1-7H. The van der Waals surface area contributed by atoms with Gasteiger partial charge in [0, 0.05) is 6.07 Å². The van der Waals surface area contributed by atoms with E-state index in [2.05, 4.69) is 15.3 Å². The van der Waals surface area contributed by atoms with Crippen LogP contribution in [-0.4, -0.2) is 26.0 Å². The van der Waals surface area contributed by atoms with Gasteiger partial charge in [-0.1, -0.05) is 12.1 Å². The summed E-state index contributed by atoms with van der Waals surface area (Å²) in [4.78, 5) is 10.2. The highest BCUT2D eigenvalue weighted by Gasteiger charge is 2.09. The molecule has 0 amide bonds. The number of para-hydroxylation sites is 1. The predicted octanol–water partition coefficient (Wildman–Crippen LogP) is 1.07. The summed E-state index contributed by atoms with van der Waals surface area (Å²) in [6.45, 7) is 0. The second kappa shape index (κ2) is 4.30. The van der Waals surface area contributed by atoms with Gasteiger partial charge < -0.3 is 0 Å². The van der Waals surface area contributed by atoms with Gasteiger partial charge in [-0.2, -0.15) is 5.10 Å². The van der Waals surface area contributed by atoms with E-state index in [1.165, 1.54) is 29.6 Å². The lowest BCUT2D eigenvalue weighted by Crippen LogP contribution is -1.95. The third-order valence-corrected chi connectivity index (χ3v) is 1.87. The molecule has 0 aliphatic carbocycles. The van der Waals surface area contributed by atoms with E-state index in [1.54, 1.807) is 18.2 Å². The fourth-order valence-electron chi connectivity index (χ4n) is 1.15. The zero-order valence-electron chi connectivity index (χ0n) is 8.09. The molecular weight excluding hydrogens is 210 g/mol. The van der Waals surface area contributed by atoms with Crippen LogP contribution in [0.1, 0.15) is 5.56 Å². The Morgan fingerprint density at radius 2 is 2.00 bits per heavy atom. The maximum Gasteiger partial charge on any atom is 0.278 e. The van der Waals surface area contributed by atoms with Crippen molar-refractivity contribution in [3.05, 3.63) is 52.6 Å². The van der Waals surface area contributed by atoms with Gasteiger partial charge in [0.1, 0.15) is 12.7 Å². The van der Waals surface area contributed by atoms with Crippen LogP contribution in [0.5, 0.6) is 0 Å². The average Bonchev–Trinajstić information content (AvgIpc) is 2.79. The molecule has 16 heavy (non-hydrogen) atoms. The van der Waals surface area contributed by atoms with Gasteiger partial charge >= 0.3 is 0 Å². The minimum Gasteiger partial charge on any atom is -0.258 e. The zero-order chi connectivity index (χ0) is 11.4. The first kappa shape index (κ1) is 9.97. The molecule has 0 fully saturated rings. The summed E-state index contributed by atoms with van der Waals surface area (Å²) in [6, 6.07) is 6.36. The lowest BCUT2D eigenvalue weighted by Gasteiger charge is -1.95. The van der Waals surface area contributed by atoms with E-state index in [-0.39, 0.29) is 5.69 Å². The van der Waals surface area contributed by atoms with Crippen molar-refractivity contribution in [2.75, 3.05) is 0 Å². The first-order valence-electron chi connectivity index (χ1n) is 4.40. The highest BCUT2D eigenvalue weighted by Crippen LogP contribution is 2.15. The Balaban J connectivity index is 2.31. The van der Waals surface area contributed by atoms with Crippen molar-refractivity contribution in [3.63, 3.8) is 0 Å². The fourth-order valence-corrected chi connectivity index (χ4v) is 1.15. The Labute approximate surface area is 90.2 Å². The zero-order valence-corrected chi connectivity index (χ0v) is 8.09. The third-order valence-electron chi connectivity index (χ3n) is 1.87. The van der Waals surface area contributed by atoms with E-state index in [1.807, 2.05) is 0 Å². The first-order valence-corrected chi connectivity index (χ1v) is 4.40. The van der Waals surface area contributed by atoms with Crippen LogP contribution >= 0.6 is 0 Å². The largest absolute Gasteiger partial charge is 0.278 e.